The molecule has 1 radical (unpaired) electrons. The topological polar surface area (TPSA) is 38.7 Å². The second-order valence-corrected chi connectivity index (χ2v) is 2.72. The Bertz CT molecular complexity index is 247. The zero-order valence-corrected chi connectivity index (χ0v) is 7.83. The van der Waals surface area contributed by atoms with Crippen molar-refractivity contribution < 1.29 is 14.6 Å². The molecule has 1 rings (SSSR count). The molecule has 0 bridgehead atoms. The molecule has 0 saturated heterocycles. The standard InChI is InChI=1S/C10H13O3/c1-12-6-8-4-3-5-9(7-13-2)10(8)11/h4-5,11H,6-7H2,1-2H3. The van der Waals surface area contributed by atoms with Crippen LogP contribution in [0.4, 0.5) is 0 Å². The van der Waals surface area contributed by atoms with Crippen LogP contribution in [0.3, 0.4) is 0 Å². The van der Waals surface area contributed by atoms with Gasteiger partial charge < -0.3 is 14.6 Å². The monoisotopic (exact) mass is 181 g/mol. The van der Waals surface area contributed by atoms with Crippen LogP contribution in [-0.2, 0) is 22.7 Å². The van der Waals surface area contributed by atoms with Crippen LogP contribution >= 0.6 is 0 Å². The number of aromatic hydroxyl groups is 1. The molecule has 0 amide bonds. The summed E-state index contributed by atoms with van der Waals surface area (Å²) in [7, 11) is 3.17. The molecule has 0 heterocycles. The fourth-order valence-corrected chi connectivity index (χ4v) is 1.12. The number of rotatable bonds is 4. The van der Waals surface area contributed by atoms with Crippen molar-refractivity contribution in [3.05, 3.63) is 29.3 Å². The Kier molecular flexibility index (Phi) is 3.73. The molecule has 0 atom stereocenters. The quantitative estimate of drug-likeness (QED) is 0.764. The lowest BCUT2D eigenvalue weighted by Crippen LogP contribution is -1.94. The molecule has 13 heavy (non-hydrogen) atoms. The largest absolute Gasteiger partial charge is 0.507 e. The number of benzene rings is 1. The van der Waals surface area contributed by atoms with Gasteiger partial charge in [-0.15, -0.1) is 0 Å². The number of hydrogen-bond acceptors (Lipinski definition) is 3. The highest BCUT2D eigenvalue weighted by Crippen LogP contribution is 2.23. The van der Waals surface area contributed by atoms with Crippen molar-refractivity contribution >= 4 is 0 Å². The minimum absolute atomic E-state index is 0.238. The fourth-order valence-electron chi connectivity index (χ4n) is 1.12. The molecule has 0 aliphatic rings. The summed E-state index contributed by atoms with van der Waals surface area (Å²) in [5.74, 6) is 0.238. The van der Waals surface area contributed by atoms with Gasteiger partial charge in [-0.05, 0) is 18.2 Å². The third-order valence-electron chi connectivity index (χ3n) is 1.72. The highest BCUT2D eigenvalue weighted by atomic mass is 16.5. The van der Waals surface area contributed by atoms with E-state index < -0.39 is 0 Å². The van der Waals surface area contributed by atoms with Crippen LogP contribution in [0.1, 0.15) is 11.1 Å². The van der Waals surface area contributed by atoms with Crippen molar-refractivity contribution in [1.82, 2.24) is 0 Å². The number of methoxy groups -OCH3 is 2. The van der Waals surface area contributed by atoms with Gasteiger partial charge in [0, 0.05) is 25.3 Å². The number of phenols is 1. The third-order valence-corrected chi connectivity index (χ3v) is 1.72. The maximum atomic E-state index is 9.67. The molecule has 0 spiro atoms. The first-order valence-electron chi connectivity index (χ1n) is 3.98. The van der Waals surface area contributed by atoms with Crippen molar-refractivity contribution in [2.45, 2.75) is 13.2 Å². The molecule has 0 aliphatic carbocycles. The van der Waals surface area contributed by atoms with Gasteiger partial charge in [0.1, 0.15) is 5.75 Å². The number of hydrogen-bond donors (Lipinski definition) is 1. The van der Waals surface area contributed by atoms with Gasteiger partial charge >= 0.3 is 0 Å². The first-order chi connectivity index (χ1) is 6.29. The zero-order chi connectivity index (χ0) is 9.68. The van der Waals surface area contributed by atoms with Crippen molar-refractivity contribution in [3.8, 4) is 5.75 Å². The summed E-state index contributed by atoms with van der Waals surface area (Å²) in [6.07, 6.45) is 0. The minimum atomic E-state index is 0.238. The van der Waals surface area contributed by atoms with E-state index in [1.165, 1.54) is 0 Å². The van der Waals surface area contributed by atoms with E-state index in [-0.39, 0.29) is 5.75 Å². The Hall–Kier alpha value is -1.06. The van der Waals surface area contributed by atoms with E-state index in [0.717, 1.165) is 11.1 Å². The van der Waals surface area contributed by atoms with Crippen molar-refractivity contribution in [2.24, 2.45) is 0 Å². The Balaban J connectivity index is 2.89. The first-order valence-corrected chi connectivity index (χ1v) is 3.98. The maximum Gasteiger partial charge on any atom is 0.126 e. The molecule has 0 aliphatic heterocycles. The summed E-state index contributed by atoms with van der Waals surface area (Å²) in [6.45, 7) is 0.778. The van der Waals surface area contributed by atoms with Gasteiger partial charge in [-0.3, -0.25) is 0 Å². The Morgan fingerprint density at radius 2 is 1.62 bits per heavy atom. The highest BCUT2D eigenvalue weighted by Gasteiger charge is 2.05. The van der Waals surface area contributed by atoms with Crippen LogP contribution in [0.5, 0.6) is 5.75 Å². The summed E-state index contributed by atoms with van der Waals surface area (Å²) in [4.78, 5) is 0. The molecule has 0 fully saturated rings. The minimum Gasteiger partial charge on any atom is -0.507 e. The van der Waals surface area contributed by atoms with Gasteiger partial charge in [0.05, 0.1) is 13.2 Å². The van der Waals surface area contributed by atoms with Gasteiger partial charge in [-0.25, -0.2) is 0 Å². The third kappa shape index (κ3) is 2.44. The van der Waals surface area contributed by atoms with Gasteiger partial charge in [0.2, 0.25) is 0 Å². The summed E-state index contributed by atoms with van der Waals surface area (Å²) in [6, 6.07) is 6.33. The molecule has 1 aromatic rings. The Morgan fingerprint density at radius 1 is 1.15 bits per heavy atom. The highest BCUT2D eigenvalue weighted by molar-refractivity contribution is 5.39. The van der Waals surface area contributed by atoms with Gasteiger partial charge in [0.25, 0.3) is 0 Å². The van der Waals surface area contributed by atoms with Crippen LogP contribution in [0.15, 0.2) is 12.1 Å². The SMILES string of the molecule is COCc1c[c]cc(COC)c1O. The summed E-state index contributed by atoms with van der Waals surface area (Å²) >= 11 is 0. The lowest BCUT2D eigenvalue weighted by Gasteiger charge is -2.07. The molecule has 3 heteroatoms. The molecular formula is C10H13O3. The van der Waals surface area contributed by atoms with Crippen LogP contribution in [0, 0.1) is 6.07 Å². The molecule has 1 N–H and O–H groups in total. The normalized spacial score (nSPS) is 10.3. The second-order valence-electron chi connectivity index (χ2n) is 2.72. The summed E-state index contributed by atoms with van der Waals surface area (Å²) in [5.41, 5.74) is 1.47. The average Bonchev–Trinajstić information content (AvgIpc) is 2.13. The van der Waals surface area contributed by atoms with Crippen molar-refractivity contribution in [1.29, 1.82) is 0 Å². The van der Waals surface area contributed by atoms with E-state index in [2.05, 4.69) is 6.07 Å². The summed E-state index contributed by atoms with van der Waals surface area (Å²) in [5, 5.41) is 9.67. The average molecular weight is 181 g/mol. The lowest BCUT2D eigenvalue weighted by molar-refractivity contribution is 0.174. The van der Waals surface area contributed by atoms with Crippen molar-refractivity contribution in [3.63, 3.8) is 0 Å². The molecule has 0 saturated carbocycles. The van der Waals surface area contributed by atoms with Gasteiger partial charge in [-0.1, -0.05) is 0 Å². The maximum absolute atomic E-state index is 9.67. The zero-order valence-electron chi connectivity index (χ0n) is 7.83. The number of ether oxygens (including phenoxy) is 2. The van der Waals surface area contributed by atoms with Gasteiger partial charge in [-0.2, -0.15) is 0 Å². The van der Waals surface area contributed by atoms with E-state index in [4.69, 9.17) is 9.47 Å². The Labute approximate surface area is 77.9 Å². The molecule has 0 aromatic heterocycles. The predicted octanol–water partition coefficient (Wildman–Crippen LogP) is 1.49. The molecule has 3 nitrogen and oxygen atoms in total. The molecule has 71 valence electrons. The van der Waals surface area contributed by atoms with Crippen LogP contribution in [-0.4, -0.2) is 19.3 Å². The van der Waals surface area contributed by atoms with Crippen molar-refractivity contribution in [2.75, 3.05) is 14.2 Å². The summed E-state index contributed by atoms with van der Waals surface area (Å²) < 4.78 is 9.84. The lowest BCUT2D eigenvalue weighted by atomic mass is 10.1. The number of phenolic OH excluding ortho intramolecular Hbond substituents is 1. The van der Waals surface area contributed by atoms with E-state index in [1.807, 2.05) is 0 Å². The van der Waals surface area contributed by atoms with E-state index in [0.29, 0.717) is 13.2 Å². The van der Waals surface area contributed by atoms with Crippen LogP contribution in [0.2, 0.25) is 0 Å². The second kappa shape index (κ2) is 4.84. The van der Waals surface area contributed by atoms with Crippen LogP contribution in [0.25, 0.3) is 0 Å². The van der Waals surface area contributed by atoms with Crippen LogP contribution < -0.4 is 0 Å². The van der Waals surface area contributed by atoms with E-state index >= 15 is 0 Å². The van der Waals surface area contributed by atoms with E-state index in [1.54, 1.807) is 26.4 Å². The predicted molar refractivity (Wildman–Crippen MR) is 48.4 cm³/mol. The fraction of sp³-hybridized carbons (Fsp3) is 0.400. The molecular weight excluding hydrogens is 168 g/mol. The van der Waals surface area contributed by atoms with Gasteiger partial charge in [0.15, 0.2) is 0 Å². The van der Waals surface area contributed by atoms with E-state index in [9.17, 15) is 5.11 Å². The first kappa shape index (κ1) is 10.0. The smallest absolute Gasteiger partial charge is 0.126 e. The molecule has 1 aromatic carbocycles. The Morgan fingerprint density at radius 3 is 2.00 bits per heavy atom. The molecule has 0 unspecified atom stereocenters.